The predicted octanol–water partition coefficient (Wildman–Crippen LogP) is 2.83. The Hall–Kier alpha value is -0.520. The van der Waals surface area contributed by atoms with Crippen molar-refractivity contribution in [2.75, 3.05) is 6.26 Å². The van der Waals surface area contributed by atoms with Gasteiger partial charge in [0.25, 0.3) is 5.91 Å². The van der Waals surface area contributed by atoms with Crippen LogP contribution in [0.25, 0.3) is 6.08 Å². The van der Waals surface area contributed by atoms with Gasteiger partial charge in [-0.15, -0.1) is 24.4 Å². The molecular weight excluding hydrogens is 258 g/mol. The van der Waals surface area contributed by atoms with Gasteiger partial charge in [-0.1, -0.05) is 23.9 Å². The molecule has 16 heavy (non-hydrogen) atoms. The van der Waals surface area contributed by atoms with E-state index in [2.05, 4.69) is 17.9 Å². The lowest BCUT2D eigenvalue weighted by Gasteiger charge is -1.98. The second-order valence-electron chi connectivity index (χ2n) is 3.23. The summed E-state index contributed by atoms with van der Waals surface area (Å²) in [5.41, 5.74) is 1.04. The Balaban J connectivity index is 2.19. The second-order valence-corrected chi connectivity index (χ2v) is 6.12. The Morgan fingerprint density at radius 2 is 2.12 bits per heavy atom. The van der Waals surface area contributed by atoms with Crippen molar-refractivity contribution >= 4 is 48.1 Å². The highest BCUT2D eigenvalue weighted by Gasteiger charge is 2.23. The van der Waals surface area contributed by atoms with Crippen LogP contribution in [0.3, 0.4) is 0 Å². The lowest BCUT2D eigenvalue weighted by molar-refractivity contribution is -0.116. The van der Waals surface area contributed by atoms with Gasteiger partial charge in [-0.25, -0.2) is 0 Å². The van der Waals surface area contributed by atoms with Gasteiger partial charge in [-0.05, 0) is 30.0 Å². The highest BCUT2D eigenvalue weighted by Crippen LogP contribution is 2.31. The lowest BCUT2D eigenvalue weighted by Crippen LogP contribution is -2.19. The third kappa shape index (κ3) is 2.78. The minimum absolute atomic E-state index is 0.0426. The summed E-state index contributed by atoms with van der Waals surface area (Å²) < 4.78 is -0.121. The maximum Gasteiger partial charge on any atom is 0.259 e. The number of thioether (sulfide) groups is 2. The molecule has 2 nitrogen and oxygen atoms in total. The van der Waals surface area contributed by atoms with E-state index in [9.17, 15) is 4.79 Å². The standard InChI is InChI=1S/C11H11NOS3/c1-15-8-4-2-7(3-5-8)6-9-10(13)12-11(14)16-9/h2-6,11,14H,1H3,(H,12,13)/b9-6-. The van der Waals surface area contributed by atoms with Crippen LogP contribution >= 0.6 is 36.2 Å². The molecule has 1 N–H and O–H groups in total. The number of amides is 1. The molecule has 1 heterocycles. The van der Waals surface area contributed by atoms with Crippen LogP contribution in [0.1, 0.15) is 5.56 Å². The first-order valence-electron chi connectivity index (χ1n) is 4.70. The molecule has 0 radical (unpaired) electrons. The van der Waals surface area contributed by atoms with E-state index in [1.165, 1.54) is 16.7 Å². The van der Waals surface area contributed by atoms with E-state index in [0.717, 1.165) is 10.5 Å². The van der Waals surface area contributed by atoms with Gasteiger partial charge in [0.2, 0.25) is 0 Å². The van der Waals surface area contributed by atoms with Crippen molar-refractivity contribution in [3.8, 4) is 0 Å². The average molecular weight is 269 g/mol. The molecule has 0 aromatic heterocycles. The van der Waals surface area contributed by atoms with E-state index >= 15 is 0 Å². The van der Waals surface area contributed by atoms with Gasteiger partial charge in [0.1, 0.15) is 4.71 Å². The first-order valence-corrected chi connectivity index (χ1v) is 7.32. The van der Waals surface area contributed by atoms with Crippen molar-refractivity contribution in [2.24, 2.45) is 0 Å². The van der Waals surface area contributed by atoms with Gasteiger partial charge in [0, 0.05) is 4.90 Å². The van der Waals surface area contributed by atoms with Gasteiger partial charge in [0.15, 0.2) is 0 Å². The van der Waals surface area contributed by atoms with Crippen LogP contribution in [-0.4, -0.2) is 16.9 Å². The molecule has 84 valence electrons. The van der Waals surface area contributed by atoms with Crippen LogP contribution < -0.4 is 5.32 Å². The van der Waals surface area contributed by atoms with Crippen LogP contribution in [0, 0.1) is 0 Å². The van der Waals surface area contributed by atoms with Crippen LogP contribution in [0.2, 0.25) is 0 Å². The summed E-state index contributed by atoms with van der Waals surface area (Å²) >= 11 is 7.34. The first-order chi connectivity index (χ1) is 7.69. The molecule has 1 aliphatic heterocycles. The topological polar surface area (TPSA) is 29.1 Å². The van der Waals surface area contributed by atoms with E-state index in [0.29, 0.717) is 0 Å². The zero-order valence-corrected chi connectivity index (χ0v) is 11.2. The molecule has 0 spiro atoms. The van der Waals surface area contributed by atoms with Crippen molar-refractivity contribution < 1.29 is 4.79 Å². The lowest BCUT2D eigenvalue weighted by atomic mass is 10.2. The van der Waals surface area contributed by atoms with Gasteiger partial charge in [-0.3, -0.25) is 4.79 Å². The molecule has 1 saturated heterocycles. The molecule has 1 aromatic rings. The normalized spacial score (nSPS) is 22.5. The van der Waals surface area contributed by atoms with Crippen molar-refractivity contribution in [3.63, 3.8) is 0 Å². The fraction of sp³-hybridized carbons (Fsp3) is 0.182. The zero-order valence-electron chi connectivity index (χ0n) is 8.64. The third-order valence-electron chi connectivity index (χ3n) is 2.13. The number of nitrogens with one attached hydrogen (secondary N) is 1. The number of benzene rings is 1. The van der Waals surface area contributed by atoms with Crippen LogP contribution in [0.5, 0.6) is 0 Å². The SMILES string of the molecule is CSc1ccc(/C=C2\SC(S)NC2=O)cc1. The summed E-state index contributed by atoms with van der Waals surface area (Å²) in [5, 5.41) is 2.73. The van der Waals surface area contributed by atoms with Crippen molar-refractivity contribution in [1.82, 2.24) is 5.32 Å². The molecule has 0 saturated carbocycles. The Labute approximate surface area is 109 Å². The number of hydrogen-bond donors (Lipinski definition) is 2. The number of rotatable bonds is 2. The number of carbonyl (C=O) groups is 1. The Bertz CT molecular complexity index is 427. The third-order valence-corrected chi connectivity index (χ3v) is 4.22. The summed E-state index contributed by atoms with van der Waals surface area (Å²) in [5.74, 6) is -0.0426. The second kappa shape index (κ2) is 5.21. The minimum atomic E-state index is -0.121. The smallest absolute Gasteiger partial charge is 0.259 e. The summed E-state index contributed by atoms with van der Waals surface area (Å²) in [6.45, 7) is 0. The maximum atomic E-state index is 11.5. The Kier molecular flexibility index (Phi) is 3.89. The van der Waals surface area contributed by atoms with Gasteiger partial charge in [-0.2, -0.15) is 0 Å². The summed E-state index contributed by atoms with van der Waals surface area (Å²) in [6.07, 6.45) is 3.93. The summed E-state index contributed by atoms with van der Waals surface area (Å²) in [6, 6.07) is 8.12. The number of hydrogen-bond acceptors (Lipinski definition) is 4. The van der Waals surface area contributed by atoms with E-state index < -0.39 is 0 Å². The molecule has 1 atom stereocenters. The van der Waals surface area contributed by atoms with Crippen molar-refractivity contribution in [1.29, 1.82) is 0 Å². The molecular formula is C11H11NOS3. The van der Waals surface area contributed by atoms with Crippen LogP contribution in [0.4, 0.5) is 0 Å². The molecule has 5 heteroatoms. The fourth-order valence-electron chi connectivity index (χ4n) is 1.34. The largest absolute Gasteiger partial charge is 0.331 e. The van der Waals surface area contributed by atoms with Crippen molar-refractivity contribution in [2.45, 2.75) is 9.60 Å². The molecule has 0 bridgehead atoms. The zero-order chi connectivity index (χ0) is 11.5. The monoisotopic (exact) mass is 269 g/mol. The van der Waals surface area contributed by atoms with E-state index in [1.54, 1.807) is 11.8 Å². The first kappa shape index (κ1) is 12.0. The van der Waals surface area contributed by atoms with E-state index in [4.69, 9.17) is 0 Å². The average Bonchev–Trinajstić information content (AvgIpc) is 2.59. The molecule has 0 aliphatic carbocycles. The van der Waals surface area contributed by atoms with Gasteiger partial charge in [0.05, 0.1) is 4.91 Å². The number of thiol groups is 1. The summed E-state index contributed by atoms with van der Waals surface area (Å²) in [7, 11) is 0. The van der Waals surface area contributed by atoms with Gasteiger partial charge < -0.3 is 5.32 Å². The van der Waals surface area contributed by atoms with E-state index in [1.807, 2.05) is 36.6 Å². The van der Waals surface area contributed by atoms with Crippen molar-refractivity contribution in [3.05, 3.63) is 34.7 Å². The molecule has 1 aromatic carbocycles. The fourth-order valence-corrected chi connectivity index (χ4v) is 2.98. The summed E-state index contributed by atoms with van der Waals surface area (Å²) in [4.78, 5) is 13.4. The molecule has 1 unspecified atom stereocenters. The number of carbonyl (C=O) groups excluding carboxylic acids is 1. The predicted molar refractivity (Wildman–Crippen MR) is 74.7 cm³/mol. The van der Waals surface area contributed by atoms with E-state index in [-0.39, 0.29) is 10.6 Å². The van der Waals surface area contributed by atoms with Crippen LogP contribution in [-0.2, 0) is 4.79 Å². The van der Waals surface area contributed by atoms with Gasteiger partial charge >= 0.3 is 0 Å². The molecule has 2 rings (SSSR count). The van der Waals surface area contributed by atoms with Crippen LogP contribution in [0.15, 0.2) is 34.1 Å². The maximum absolute atomic E-state index is 11.5. The Morgan fingerprint density at radius 3 is 2.62 bits per heavy atom. The Morgan fingerprint density at radius 1 is 1.44 bits per heavy atom. The highest BCUT2D eigenvalue weighted by atomic mass is 32.2. The quantitative estimate of drug-likeness (QED) is 0.491. The molecule has 1 amide bonds. The minimum Gasteiger partial charge on any atom is -0.331 e. The highest BCUT2D eigenvalue weighted by molar-refractivity contribution is 8.14. The molecule has 1 fully saturated rings. The molecule has 1 aliphatic rings.